The smallest absolute Gasteiger partial charge is 0.147 e. The number of allylic oxidation sites excluding steroid dienone is 1. The van der Waals surface area contributed by atoms with Crippen LogP contribution in [0.1, 0.15) is 68.9 Å². The Morgan fingerprint density at radius 1 is 1.09 bits per heavy atom. The first kappa shape index (κ1) is 25.1. The molecule has 0 N–H and O–H groups in total. The molecule has 0 spiro atoms. The lowest BCUT2D eigenvalue weighted by atomic mass is 10.0. The zero-order valence-electron chi connectivity index (χ0n) is 19.5. The van der Waals surface area contributed by atoms with Crippen LogP contribution in [0.4, 0.5) is 0 Å². The molecule has 4 nitrogen and oxygen atoms in total. The van der Waals surface area contributed by atoms with Crippen LogP contribution in [0.3, 0.4) is 0 Å². The Labute approximate surface area is 215 Å². The average Bonchev–Trinajstić information content (AvgIpc) is 3.55. The van der Waals surface area contributed by atoms with Gasteiger partial charge in [-0.3, -0.25) is 0 Å². The van der Waals surface area contributed by atoms with E-state index in [0.29, 0.717) is 38.0 Å². The lowest BCUT2D eigenvalue weighted by molar-refractivity contribution is 0.00841. The molecule has 0 amide bonds. The average molecular weight is 521 g/mol. The Morgan fingerprint density at radius 2 is 1.82 bits per heavy atom. The highest BCUT2D eigenvalue weighted by Gasteiger charge is 2.33. The number of hydrogen-bond acceptors (Lipinski definition) is 4. The van der Waals surface area contributed by atoms with E-state index >= 15 is 0 Å². The Bertz CT molecular complexity index is 1150. The molecule has 1 fully saturated rings. The van der Waals surface area contributed by atoms with Crippen molar-refractivity contribution in [3.05, 3.63) is 80.5 Å². The summed E-state index contributed by atoms with van der Waals surface area (Å²) < 4.78 is 18.0. The zero-order chi connectivity index (χ0) is 24.2. The van der Waals surface area contributed by atoms with Gasteiger partial charge in [0.05, 0.1) is 32.8 Å². The first-order chi connectivity index (χ1) is 16.4. The number of halogens is 3. The fourth-order valence-electron chi connectivity index (χ4n) is 3.91. The summed E-state index contributed by atoms with van der Waals surface area (Å²) in [6, 6.07) is 11.1. The first-order valence-corrected chi connectivity index (χ1v) is 12.6. The summed E-state index contributed by atoms with van der Waals surface area (Å²) in [4.78, 5) is 0. The molecule has 1 unspecified atom stereocenters. The quantitative estimate of drug-likeness (QED) is 0.250. The van der Waals surface area contributed by atoms with E-state index in [1.165, 1.54) is 0 Å². The molecule has 0 bridgehead atoms. The van der Waals surface area contributed by atoms with E-state index < -0.39 is 0 Å². The van der Waals surface area contributed by atoms with Crippen molar-refractivity contribution in [2.24, 2.45) is 0 Å². The van der Waals surface area contributed by atoms with Gasteiger partial charge in [0, 0.05) is 11.5 Å². The standard InChI is InChI=1S/C27H28Cl3NO3/c1-4-5-9-24(33-16(2)3)19-13-12-18(14-23(19)30)32-15-20-26(31-34-27(20)17-10-11-17)25-21(28)7-6-8-22(25)29/h4-8,12-14,16-17,24H,9-11,15H2,1-3H3/b5-4+. The van der Waals surface area contributed by atoms with Crippen LogP contribution in [0.5, 0.6) is 5.75 Å². The number of hydrogen-bond donors (Lipinski definition) is 0. The highest BCUT2D eigenvalue weighted by molar-refractivity contribution is 6.39. The summed E-state index contributed by atoms with van der Waals surface area (Å²) >= 11 is 19.6. The Kier molecular flexibility index (Phi) is 8.26. The monoisotopic (exact) mass is 519 g/mol. The molecule has 1 aliphatic carbocycles. The summed E-state index contributed by atoms with van der Waals surface area (Å²) in [7, 11) is 0. The number of ether oxygens (including phenoxy) is 2. The van der Waals surface area contributed by atoms with Crippen LogP contribution >= 0.6 is 34.8 Å². The molecule has 2 aromatic carbocycles. The molecular formula is C27H28Cl3NO3. The van der Waals surface area contributed by atoms with E-state index in [9.17, 15) is 0 Å². The van der Waals surface area contributed by atoms with Crippen molar-refractivity contribution in [1.82, 2.24) is 5.16 Å². The second kappa shape index (κ2) is 11.2. The van der Waals surface area contributed by atoms with Crippen molar-refractivity contribution in [2.45, 2.75) is 64.8 Å². The Hall–Kier alpha value is -1.98. The van der Waals surface area contributed by atoms with Crippen LogP contribution in [0.25, 0.3) is 11.3 Å². The number of benzene rings is 2. The van der Waals surface area contributed by atoms with Gasteiger partial charge in [0.25, 0.3) is 0 Å². The second-order valence-corrected chi connectivity index (χ2v) is 9.92. The topological polar surface area (TPSA) is 44.5 Å². The highest BCUT2D eigenvalue weighted by Crippen LogP contribution is 2.46. The molecular weight excluding hydrogens is 493 g/mol. The summed E-state index contributed by atoms with van der Waals surface area (Å²) in [6.45, 7) is 6.31. The third-order valence-electron chi connectivity index (χ3n) is 5.69. The molecule has 0 saturated heterocycles. The molecule has 180 valence electrons. The fraction of sp³-hybridized carbons (Fsp3) is 0.370. The molecule has 7 heteroatoms. The van der Waals surface area contributed by atoms with E-state index in [2.05, 4.69) is 11.2 Å². The minimum atomic E-state index is -0.119. The minimum absolute atomic E-state index is 0.0896. The zero-order valence-corrected chi connectivity index (χ0v) is 21.8. The van der Waals surface area contributed by atoms with Gasteiger partial charge in [-0.2, -0.15) is 0 Å². The van der Waals surface area contributed by atoms with E-state index in [1.807, 2.05) is 51.1 Å². The maximum atomic E-state index is 6.66. The highest BCUT2D eigenvalue weighted by atomic mass is 35.5. The number of aromatic nitrogens is 1. The molecule has 0 aliphatic heterocycles. The molecule has 34 heavy (non-hydrogen) atoms. The van der Waals surface area contributed by atoms with Crippen molar-refractivity contribution in [3.8, 4) is 17.0 Å². The molecule has 1 atom stereocenters. The van der Waals surface area contributed by atoms with E-state index in [-0.39, 0.29) is 18.8 Å². The van der Waals surface area contributed by atoms with Crippen molar-refractivity contribution in [2.75, 3.05) is 0 Å². The van der Waals surface area contributed by atoms with Gasteiger partial charge in [0.15, 0.2) is 0 Å². The summed E-state index contributed by atoms with van der Waals surface area (Å²) in [5.41, 5.74) is 3.09. The maximum Gasteiger partial charge on any atom is 0.147 e. The van der Waals surface area contributed by atoms with Gasteiger partial charge >= 0.3 is 0 Å². The van der Waals surface area contributed by atoms with E-state index in [0.717, 1.165) is 36.1 Å². The number of nitrogens with zero attached hydrogens (tertiary/aromatic N) is 1. The lowest BCUT2D eigenvalue weighted by Gasteiger charge is -2.21. The minimum Gasteiger partial charge on any atom is -0.489 e. The Balaban J connectivity index is 1.58. The first-order valence-electron chi connectivity index (χ1n) is 11.5. The van der Waals surface area contributed by atoms with Crippen molar-refractivity contribution < 1.29 is 14.0 Å². The molecule has 3 aromatic rings. The molecule has 0 radical (unpaired) electrons. The van der Waals surface area contributed by atoms with Crippen LogP contribution in [-0.2, 0) is 11.3 Å². The van der Waals surface area contributed by atoms with Gasteiger partial charge in [-0.05, 0) is 69.9 Å². The predicted octanol–water partition coefficient (Wildman–Crippen LogP) is 9.19. The molecule has 1 aromatic heterocycles. The van der Waals surface area contributed by atoms with Crippen molar-refractivity contribution >= 4 is 34.8 Å². The lowest BCUT2D eigenvalue weighted by Crippen LogP contribution is -2.10. The second-order valence-electron chi connectivity index (χ2n) is 8.70. The summed E-state index contributed by atoms with van der Waals surface area (Å²) in [5.74, 6) is 1.85. The normalized spacial score (nSPS) is 14.8. The third kappa shape index (κ3) is 5.80. The summed E-state index contributed by atoms with van der Waals surface area (Å²) in [6.07, 6.45) is 6.96. The summed E-state index contributed by atoms with van der Waals surface area (Å²) in [5, 5.41) is 5.97. The van der Waals surface area contributed by atoms with Crippen LogP contribution in [0, 0.1) is 0 Å². The Morgan fingerprint density at radius 3 is 2.44 bits per heavy atom. The fourth-order valence-corrected chi connectivity index (χ4v) is 4.78. The van der Waals surface area contributed by atoms with Gasteiger partial charge in [-0.1, -0.05) is 64.2 Å². The van der Waals surface area contributed by atoms with Crippen LogP contribution < -0.4 is 4.74 Å². The third-order valence-corrected chi connectivity index (χ3v) is 6.65. The van der Waals surface area contributed by atoms with Gasteiger partial charge in [-0.25, -0.2) is 0 Å². The van der Waals surface area contributed by atoms with E-state index in [4.69, 9.17) is 48.8 Å². The van der Waals surface area contributed by atoms with Gasteiger partial charge < -0.3 is 14.0 Å². The number of rotatable bonds is 10. The van der Waals surface area contributed by atoms with E-state index in [1.54, 1.807) is 12.1 Å². The van der Waals surface area contributed by atoms with Gasteiger partial charge in [-0.15, -0.1) is 0 Å². The van der Waals surface area contributed by atoms with Gasteiger partial charge in [0.1, 0.15) is 23.8 Å². The van der Waals surface area contributed by atoms with Crippen molar-refractivity contribution in [1.29, 1.82) is 0 Å². The van der Waals surface area contributed by atoms with Crippen LogP contribution in [-0.4, -0.2) is 11.3 Å². The molecule has 1 heterocycles. The SMILES string of the molecule is C/C=C/CC(OC(C)C)c1ccc(OCc2c(-c3c(Cl)cccc3Cl)noc2C2CC2)cc1Cl. The maximum absolute atomic E-state index is 6.66. The molecule has 1 aliphatic rings. The molecule has 1 saturated carbocycles. The van der Waals surface area contributed by atoms with Crippen LogP contribution in [0.2, 0.25) is 15.1 Å². The van der Waals surface area contributed by atoms with Crippen molar-refractivity contribution in [3.63, 3.8) is 0 Å². The van der Waals surface area contributed by atoms with Gasteiger partial charge in [0.2, 0.25) is 0 Å². The van der Waals surface area contributed by atoms with Crippen LogP contribution in [0.15, 0.2) is 53.1 Å². The largest absolute Gasteiger partial charge is 0.489 e. The molecule has 4 rings (SSSR count). The predicted molar refractivity (Wildman–Crippen MR) is 138 cm³/mol.